The predicted molar refractivity (Wildman–Crippen MR) is 80.9 cm³/mol. The van der Waals surface area contributed by atoms with E-state index in [-0.39, 0.29) is 0 Å². The standard InChI is InChI=1S/C12H15ClN2S2/c1-9-15(6-3-7-17-9)12(16)14-11-5-2-4-10(13)8-11/h2,4-5,8-9H,3,6-7H2,1H3,(H,14,16). The summed E-state index contributed by atoms with van der Waals surface area (Å²) in [5.41, 5.74) is 0.949. The fourth-order valence-electron chi connectivity index (χ4n) is 1.79. The zero-order valence-corrected chi connectivity index (χ0v) is 12.0. The van der Waals surface area contributed by atoms with Crippen molar-refractivity contribution < 1.29 is 0 Å². The number of rotatable bonds is 1. The van der Waals surface area contributed by atoms with Gasteiger partial charge in [0.05, 0.1) is 5.37 Å². The van der Waals surface area contributed by atoms with Crippen molar-refractivity contribution in [3.05, 3.63) is 29.3 Å². The maximum atomic E-state index is 5.94. The highest BCUT2D eigenvalue weighted by atomic mass is 35.5. The molecule has 1 heterocycles. The van der Waals surface area contributed by atoms with Crippen LogP contribution >= 0.6 is 35.6 Å². The van der Waals surface area contributed by atoms with Gasteiger partial charge in [0.15, 0.2) is 5.11 Å². The van der Waals surface area contributed by atoms with Crippen molar-refractivity contribution in [1.29, 1.82) is 0 Å². The second kappa shape index (κ2) is 5.94. The molecule has 17 heavy (non-hydrogen) atoms. The molecule has 1 atom stereocenters. The van der Waals surface area contributed by atoms with Gasteiger partial charge < -0.3 is 10.2 Å². The maximum Gasteiger partial charge on any atom is 0.174 e. The van der Waals surface area contributed by atoms with E-state index in [1.54, 1.807) is 0 Å². The van der Waals surface area contributed by atoms with Crippen molar-refractivity contribution in [2.45, 2.75) is 18.7 Å². The zero-order valence-electron chi connectivity index (χ0n) is 9.65. The molecule has 1 unspecified atom stereocenters. The number of thiocarbonyl (C=S) groups is 1. The second-order valence-electron chi connectivity index (χ2n) is 3.96. The normalized spacial score (nSPS) is 20.1. The Morgan fingerprint density at radius 1 is 1.59 bits per heavy atom. The van der Waals surface area contributed by atoms with Gasteiger partial charge in [0.1, 0.15) is 0 Å². The number of hydrogen-bond donors (Lipinski definition) is 1. The lowest BCUT2D eigenvalue weighted by Crippen LogP contribution is -2.43. The molecule has 92 valence electrons. The van der Waals surface area contributed by atoms with Crippen LogP contribution in [0.15, 0.2) is 24.3 Å². The van der Waals surface area contributed by atoms with Crippen LogP contribution in [0.5, 0.6) is 0 Å². The molecular formula is C12H15ClN2S2. The molecule has 0 aromatic heterocycles. The highest BCUT2D eigenvalue weighted by molar-refractivity contribution is 7.99. The van der Waals surface area contributed by atoms with Crippen molar-refractivity contribution in [2.75, 3.05) is 17.6 Å². The van der Waals surface area contributed by atoms with Gasteiger partial charge in [-0.1, -0.05) is 17.7 Å². The van der Waals surface area contributed by atoms with Gasteiger partial charge in [0.2, 0.25) is 0 Å². The minimum Gasteiger partial charge on any atom is -0.337 e. The number of nitrogens with zero attached hydrogens (tertiary/aromatic N) is 1. The number of halogens is 1. The van der Waals surface area contributed by atoms with Gasteiger partial charge >= 0.3 is 0 Å². The van der Waals surface area contributed by atoms with E-state index in [1.165, 1.54) is 12.2 Å². The average Bonchev–Trinajstić information content (AvgIpc) is 2.29. The molecule has 1 fully saturated rings. The Hall–Kier alpha value is -0.450. The molecule has 5 heteroatoms. The topological polar surface area (TPSA) is 15.3 Å². The van der Waals surface area contributed by atoms with Crippen LogP contribution in [0, 0.1) is 0 Å². The molecule has 0 radical (unpaired) electrons. The summed E-state index contributed by atoms with van der Waals surface area (Å²) in [5.74, 6) is 1.22. The number of hydrogen-bond acceptors (Lipinski definition) is 2. The molecule has 0 spiro atoms. The first kappa shape index (κ1) is 13.0. The maximum absolute atomic E-state index is 5.94. The molecule has 1 aliphatic heterocycles. The first-order chi connectivity index (χ1) is 8.16. The number of thioether (sulfide) groups is 1. The van der Waals surface area contributed by atoms with Gasteiger partial charge in [-0.15, -0.1) is 11.8 Å². The number of anilines is 1. The fraction of sp³-hybridized carbons (Fsp3) is 0.417. The quantitative estimate of drug-likeness (QED) is 0.789. The largest absolute Gasteiger partial charge is 0.337 e. The van der Waals surface area contributed by atoms with Crippen LogP contribution in [0.1, 0.15) is 13.3 Å². The predicted octanol–water partition coefficient (Wildman–Crippen LogP) is 3.82. The molecule has 1 aromatic carbocycles. The van der Waals surface area contributed by atoms with Gasteiger partial charge in [-0.3, -0.25) is 0 Å². The Bertz CT molecular complexity index is 411. The van der Waals surface area contributed by atoms with E-state index in [9.17, 15) is 0 Å². The van der Waals surface area contributed by atoms with E-state index in [4.69, 9.17) is 23.8 Å². The monoisotopic (exact) mass is 286 g/mol. The lowest BCUT2D eigenvalue weighted by molar-refractivity contribution is 0.406. The Labute approximate surface area is 117 Å². The van der Waals surface area contributed by atoms with Crippen LogP contribution in [-0.2, 0) is 0 Å². The van der Waals surface area contributed by atoms with E-state index >= 15 is 0 Å². The molecule has 0 aliphatic carbocycles. The smallest absolute Gasteiger partial charge is 0.174 e. The van der Waals surface area contributed by atoms with Crippen LogP contribution in [0.4, 0.5) is 5.69 Å². The van der Waals surface area contributed by atoms with Crippen molar-refractivity contribution in [3.8, 4) is 0 Å². The number of benzene rings is 1. The van der Waals surface area contributed by atoms with E-state index in [0.29, 0.717) is 5.37 Å². The summed E-state index contributed by atoms with van der Waals surface area (Å²) in [6, 6.07) is 7.63. The highest BCUT2D eigenvalue weighted by Crippen LogP contribution is 2.23. The van der Waals surface area contributed by atoms with Gasteiger partial charge in [0.25, 0.3) is 0 Å². The van der Waals surface area contributed by atoms with E-state index < -0.39 is 0 Å². The number of nitrogens with one attached hydrogen (secondary N) is 1. The van der Waals surface area contributed by atoms with Gasteiger partial charge in [-0.2, -0.15) is 0 Å². The van der Waals surface area contributed by atoms with Crippen molar-refractivity contribution >= 4 is 46.4 Å². The molecular weight excluding hydrogens is 272 g/mol. The molecule has 2 nitrogen and oxygen atoms in total. The SMILES string of the molecule is CC1SCCCN1C(=S)Nc1cccc(Cl)c1. The molecule has 0 amide bonds. The molecule has 0 bridgehead atoms. The van der Waals surface area contributed by atoms with Gasteiger partial charge in [0, 0.05) is 17.3 Å². The minimum atomic E-state index is 0.447. The van der Waals surface area contributed by atoms with Crippen molar-refractivity contribution in [2.24, 2.45) is 0 Å². The van der Waals surface area contributed by atoms with Crippen LogP contribution in [0.2, 0.25) is 5.02 Å². The summed E-state index contributed by atoms with van der Waals surface area (Å²) < 4.78 is 0. The molecule has 1 aliphatic rings. The van der Waals surface area contributed by atoms with Crippen LogP contribution in [0.3, 0.4) is 0 Å². The average molecular weight is 287 g/mol. The van der Waals surface area contributed by atoms with E-state index in [2.05, 4.69) is 17.1 Å². The molecule has 2 rings (SSSR count). The third-order valence-corrected chi connectivity index (χ3v) is 4.51. The second-order valence-corrected chi connectivity index (χ2v) is 6.20. The van der Waals surface area contributed by atoms with Gasteiger partial charge in [-0.25, -0.2) is 0 Å². The fourth-order valence-corrected chi connectivity index (χ4v) is 3.44. The molecule has 1 saturated heterocycles. The lowest BCUT2D eigenvalue weighted by atomic mass is 10.3. The first-order valence-electron chi connectivity index (χ1n) is 5.61. The Morgan fingerprint density at radius 2 is 2.41 bits per heavy atom. The summed E-state index contributed by atoms with van der Waals surface area (Å²) >= 11 is 13.3. The van der Waals surface area contributed by atoms with Gasteiger partial charge in [-0.05, 0) is 49.5 Å². The first-order valence-corrected chi connectivity index (χ1v) is 7.45. The van der Waals surface area contributed by atoms with Crippen LogP contribution < -0.4 is 5.32 Å². The molecule has 1 aromatic rings. The summed E-state index contributed by atoms with van der Waals surface area (Å²) in [4.78, 5) is 2.23. The summed E-state index contributed by atoms with van der Waals surface area (Å²) in [6.45, 7) is 3.22. The third kappa shape index (κ3) is 3.50. The van der Waals surface area contributed by atoms with Crippen molar-refractivity contribution in [1.82, 2.24) is 4.90 Å². The molecule has 0 saturated carbocycles. The van der Waals surface area contributed by atoms with Crippen LogP contribution in [0.25, 0.3) is 0 Å². The Kier molecular flexibility index (Phi) is 4.54. The van der Waals surface area contributed by atoms with Crippen LogP contribution in [-0.4, -0.2) is 27.7 Å². The highest BCUT2D eigenvalue weighted by Gasteiger charge is 2.20. The summed E-state index contributed by atoms with van der Waals surface area (Å²) in [6.07, 6.45) is 1.19. The lowest BCUT2D eigenvalue weighted by Gasteiger charge is -2.35. The third-order valence-electron chi connectivity index (χ3n) is 2.68. The Balaban J connectivity index is 2.01. The Morgan fingerprint density at radius 3 is 3.12 bits per heavy atom. The molecule has 1 N–H and O–H groups in total. The minimum absolute atomic E-state index is 0.447. The zero-order chi connectivity index (χ0) is 12.3. The van der Waals surface area contributed by atoms with E-state index in [1.807, 2.05) is 36.0 Å². The van der Waals surface area contributed by atoms with Crippen molar-refractivity contribution in [3.63, 3.8) is 0 Å². The summed E-state index contributed by atoms with van der Waals surface area (Å²) in [7, 11) is 0. The van der Waals surface area contributed by atoms with E-state index in [0.717, 1.165) is 22.4 Å². The summed E-state index contributed by atoms with van der Waals surface area (Å²) in [5, 5.41) is 5.20.